The predicted octanol–water partition coefficient (Wildman–Crippen LogP) is 3.92. The molecule has 1 aliphatic rings. The molecular weight excluding hydrogens is 495 g/mol. The van der Waals surface area contributed by atoms with Gasteiger partial charge >= 0.3 is 0 Å². The second-order valence-electron chi connectivity index (χ2n) is 8.35. The molecule has 1 aliphatic heterocycles. The number of amides is 1. The van der Waals surface area contributed by atoms with Gasteiger partial charge in [-0.2, -0.15) is 11.8 Å². The standard InChI is InChI=1S/C26H25FN6O3S/c1-28-25(34)23-18-5-3-4-17(24(18)30-12-19(23)27)16(13-37-2)11-29-22-9-20(32-14-33-22)15-8-21-26(31-10-15)36-7-6-35-21/h3-5,8-10,12,14,16H,6-7,11,13H2,1-2H3,(H,28,34)(H,29,32,33). The number of nitrogens with one attached hydrogen (secondary N) is 2. The highest BCUT2D eigenvalue weighted by atomic mass is 32.2. The van der Waals surface area contributed by atoms with Gasteiger partial charge in [0, 0.05) is 48.5 Å². The fraction of sp³-hybridized carbons (Fsp3) is 0.269. The molecule has 1 unspecified atom stereocenters. The highest BCUT2D eigenvalue weighted by Gasteiger charge is 2.21. The number of fused-ring (bicyclic) bond motifs is 2. The van der Waals surface area contributed by atoms with E-state index in [1.807, 2.05) is 30.5 Å². The molecule has 5 rings (SSSR count). The lowest BCUT2D eigenvalue weighted by atomic mass is 9.95. The molecule has 0 bridgehead atoms. The maximum absolute atomic E-state index is 14.5. The summed E-state index contributed by atoms with van der Waals surface area (Å²) in [7, 11) is 1.48. The van der Waals surface area contributed by atoms with E-state index in [0.717, 1.165) is 23.1 Å². The van der Waals surface area contributed by atoms with Crippen LogP contribution < -0.4 is 20.1 Å². The molecule has 0 saturated heterocycles. The molecule has 0 saturated carbocycles. The molecule has 4 aromatic rings. The van der Waals surface area contributed by atoms with Gasteiger partial charge in [0.25, 0.3) is 11.8 Å². The number of halogens is 1. The van der Waals surface area contributed by atoms with Crippen molar-refractivity contribution in [2.45, 2.75) is 5.92 Å². The second-order valence-corrected chi connectivity index (χ2v) is 9.26. The predicted molar refractivity (Wildman–Crippen MR) is 141 cm³/mol. The van der Waals surface area contributed by atoms with Crippen LogP contribution in [0.3, 0.4) is 0 Å². The average Bonchev–Trinajstić information content (AvgIpc) is 2.94. The molecule has 1 atom stereocenters. The number of hydrogen-bond acceptors (Lipinski definition) is 9. The lowest BCUT2D eigenvalue weighted by molar-refractivity contribution is 0.0960. The molecule has 1 aromatic carbocycles. The van der Waals surface area contributed by atoms with E-state index >= 15 is 0 Å². The molecule has 190 valence electrons. The number of carbonyl (C=O) groups excluding carboxylic acids is 1. The summed E-state index contributed by atoms with van der Waals surface area (Å²) in [6, 6.07) is 9.23. The summed E-state index contributed by atoms with van der Waals surface area (Å²) in [4.78, 5) is 29.8. The Labute approximate surface area is 217 Å². The third-order valence-corrected chi connectivity index (χ3v) is 6.77. The van der Waals surface area contributed by atoms with Gasteiger partial charge in [0.05, 0.1) is 23.0 Å². The summed E-state index contributed by atoms with van der Waals surface area (Å²) >= 11 is 1.69. The van der Waals surface area contributed by atoms with Crippen molar-refractivity contribution >= 4 is 34.4 Å². The van der Waals surface area contributed by atoms with Gasteiger partial charge in [0.15, 0.2) is 11.6 Å². The maximum Gasteiger partial charge on any atom is 0.257 e. The summed E-state index contributed by atoms with van der Waals surface area (Å²) in [5.74, 6) is 1.39. The highest BCUT2D eigenvalue weighted by molar-refractivity contribution is 7.98. The zero-order chi connectivity index (χ0) is 25.8. The molecular formula is C26H25FN6O3S. The number of hydrogen-bond donors (Lipinski definition) is 2. The van der Waals surface area contributed by atoms with Crippen molar-refractivity contribution in [2.24, 2.45) is 0 Å². The van der Waals surface area contributed by atoms with Crippen LogP contribution in [0.5, 0.6) is 11.6 Å². The Balaban J connectivity index is 1.41. The Kier molecular flexibility index (Phi) is 7.31. The first kappa shape index (κ1) is 24.7. The van der Waals surface area contributed by atoms with Crippen molar-refractivity contribution in [2.75, 3.05) is 44.1 Å². The summed E-state index contributed by atoms with van der Waals surface area (Å²) in [6.45, 7) is 1.50. The van der Waals surface area contributed by atoms with Gasteiger partial charge < -0.3 is 20.1 Å². The van der Waals surface area contributed by atoms with Crippen LogP contribution in [-0.4, -0.2) is 64.7 Å². The largest absolute Gasteiger partial charge is 0.484 e. The fourth-order valence-corrected chi connectivity index (χ4v) is 4.98. The topological polar surface area (TPSA) is 111 Å². The van der Waals surface area contributed by atoms with Crippen LogP contribution in [0.1, 0.15) is 21.8 Å². The number of benzene rings is 1. The Morgan fingerprint density at radius 2 is 2.00 bits per heavy atom. The normalized spacial score (nSPS) is 13.3. The van der Waals surface area contributed by atoms with Crippen molar-refractivity contribution in [1.82, 2.24) is 25.3 Å². The van der Waals surface area contributed by atoms with Gasteiger partial charge in [-0.1, -0.05) is 18.2 Å². The van der Waals surface area contributed by atoms with Crippen LogP contribution >= 0.6 is 11.8 Å². The van der Waals surface area contributed by atoms with Gasteiger partial charge in [0.1, 0.15) is 25.4 Å². The number of para-hydroxylation sites is 1. The van der Waals surface area contributed by atoms with Gasteiger partial charge in [0.2, 0.25) is 0 Å². The van der Waals surface area contributed by atoms with E-state index in [9.17, 15) is 9.18 Å². The number of carbonyl (C=O) groups is 1. The van der Waals surface area contributed by atoms with Crippen molar-refractivity contribution in [3.63, 3.8) is 0 Å². The van der Waals surface area contributed by atoms with Crippen LogP contribution in [0.25, 0.3) is 22.2 Å². The van der Waals surface area contributed by atoms with Crippen molar-refractivity contribution in [3.8, 4) is 22.9 Å². The first-order valence-corrected chi connectivity index (χ1v) is 13.1. The molecule has 0 radical (unpaired) electrons. The quantitative estimate of drug-likeness (QED) is 0.357. The Morgan fingerprint density at radius 1 is 1.14 bits per heavy atom. The molecule has 0 fully saturated rings. The molecule has 9 nitrogen and oxygen atoms in total. The molecule has 1 amide bonds. The number of ether oxygens (including phenoxy) is 2. The Bertz CT molecular complexity index is 1450. The molecule has 0 spiro atoms. The number of pyridine rings is 2. The summed E-state index contributed by atoms with van der Waals surface area (Å²) < 4.78 is 25.6. The van der Waals surface area contributed by atoms with Gasteiger partial charge in [-0.25, -0.2) is 19.3 Å². The Morgan fingerprint density at radius 3 is 2.84 bits per heavy atom. The van der Waals surface area contributed by atoms with E-state index in [1.54, 1.807) is 24.0 Å². The molecule has 2 N–H and O–H groups in total. The monoisotopic (exact) mass is 520 g/mol. The molecule has 3 aromatic heterocycles. The third kappa shape index (κ3) is 5.12. The van der Waals surface area contributed by atoms with Crippen LogP contribution in [-0.2, 0) is 0 Å². The average molecular weight is 521 g/mol. The van der Waals surface area contributed by atoms with E-state index in [4.69, 9.17) is 9.47 Å². The van der Waals surface area contributed by atoms with Crippen molar-refractivity contribution in [3.05, 3.63) is 66.0 Å². The number of thioether (sulfide) groups is 1. The number of nitrogens with zero attached hydrogens (tertiary/aromatic N) is 4. The van der Waals surface area contributed by atoms with Crippen LogP contribution in [0, 0.1) is 5.82 Å². The van der Waals surface area contributed by atoms with Crippen LogP contribution in [0.2, 0.25) is 0 Å². The minimum Gasteiger partial charge on any atom is -0.484 e. The third-order valence-electron chi connectivity index (χ3n) is 6.03. The minimum atomic E-state index is -0.648. The van der Waals surface area contributed by atoms with Crippen molar-refractivity contribution in [1.29, 1.82) is 0 Å². The van der Waals surface area contributed by atoms with E-state index in [0.29, 0.717) is 53.8 Å². The SMILES string of the molecule is CNC(=O)c1c(F)cnc2c(C(CNc3cc(-c4cnc5c(c4)OCCO5)ncn3)CSC)cccc12. The lowest BCUT2D eigenvalue weighted by Crippen LogP contribution is -2.21. The highest BCUT2D eigenvalue weighted by Crippen LogP contribution is 2.33. The second kappa shape index (κ2) is 11.0. The molecule has 4 heterocycles. The first-order chi connectivity index (χ1) is 18.1. The number of anilines is 1. The summed E-state index contributed by atoms with van der Waals surface area (Å²) in [5, 5.41) is 6.40. The first-order valence-electron chi connectivity index (χ1n) is 11.7. The maximum atomic E-state index is 14.5. The zero-order valence-electron chi connectivity index (χ0n) is 20.3. The van der Waals surface area contributed by atoms with Crippen molar-refractivity contribution < 1.29 is 18.7 Å². The minimum absolute atomic E-state index is 0.00121. The molecule has 0 aliphatic carbocycles. The van der Waals surface area contributed by atoms with Gasteiger partial charge in [-0.05, 0) is 17.9 Å². The lowest BCUT2D eigenvalue weighted by Gasteiger charge is -2.20. The Hall–Kier alpha value is -3.99. The summed E-state index contributed by atoms with van der Waals surface area (Å²) in [6.07, 6.45) is 6.33. The fourth-order valence-electron chi connectivity index (χ4n) is 4.28. The van der Waals surface area contributed by atoms with Gasteiger partial charge in [-0.3, -0.25) is 9.78 Å². The van der Waals surface area contributed by atoms with E-state index < -0.39 is 11.7 Å². The number of rotatable bonds is 8. The van der Waals surface area contributed by atoms with Crippen LogP contribution in [0.15, 0.2) is 49.1 Å². The molecule has 11 heteroatoms. The molecule has 37 heavy (non-hydrogen) atoms. The number of aromatic nitrogens is 4. The van der Waals surface area contributed by atoms with E-state index in [2.05, 4.69) is 30.6 Å². The summed E-state index contributed by atoms with van der Waals surface area (Å²) in [5.41, 5.74) is 3.01. The van der Waals surface area contributed by atoms with Crippen LogP contribution in [0.4, 0.5) is 10.2 Å². The zero-order valence-corrected chi connectivity index (χ0v) is 21.1. The van der Waals surface area contributed by atoms with Gasteiger partial charge in [-0.15, -0.1) is 0 Å². The van der Waals surface area contributed by atoms with E-state index in [1.165, 1.54) is 13.4 Å². The smallest absolute Gasteiger partial charge is 0.257 e. The van der Waals surface area contributed by atoms with E-state index in [-0.39, 0.29) is 11.5 Å².